The highest BCUT2D eigenvalue weighted by Crippen LogP contribution is 2.25. The molecule has 0 aliphatic rings. The quantitative estimate of drug-likeness (QED) is 0.882. The van der Waals surface area contributed by atoms with E-state index in [1.165, 1.54) is 0 Å². The second kappa shape index (κ2) is 5.57. The van der Waals surface area contributed by atoms with Crippen LogP contribution in [0.3, 0.4) is 0 Å². The molecule has 19 heavy (non-hydrogen) atoms. The molecule has 0 fully saturated rings. The Kier molecular flexibility index (Phi) is 3.85. The molecule has 0 aliphatic heterocycles. The highest BCUT2D eigenvalue weighted by molar-refractivity contribution is 5.72. The zero-order valence-electron chi connectivity index (χ0n) is 10.8. The third-order valence-corrected chi connectivity index (χ3v) is 3.13. The van der Waals surface area contributed by atoms with Crippen LogP contribution in [0.2, 0.25) is 0 Å². The average Bonchev–Trinajstić information content (AvgIpc) is 2.39. The normalized spacial score (nSPS) is 10.4. The number of aryl methyl sites for hydroxylation is 1. The maximum absolute atomic E-state index is 10.8. The number of hydrogen-bond donors (Lipinski definition) is 2. The van der Waals surface area contributed by atoms with E-state index in [0.29, 0.717) is 0 Å². The lowest BCUT2D eigenvalue weighted by atomic mass is 9.96. The third-order valence-electron chi connectivity index (χ3n) is 3.13. The molecule has 0 unspecified atom stereocenters. The van der Waals surface area contributed by atoms with Gasteiger partial charge in [-0.25, -0.2) is 0 Å². The predicted molar refractivity (Wildman–Crippen MR) is 74.3 cm³/mol. The van der Waals surface area contributed by atoms with Gasteiger partial charge in [-0.2, -0.15) is 0 Å². The van der Waals surface area contributed by atoms with Gasteiger partial charge in [-0.1, -0.05) is 37.3 Å². The largest absolute Gasteiger partial charge is 0.508 e. The van der Waals surface area contributed by atoms with Crippen molar-refractivity contribution in [2.24, 2.45) is 0 Å². The molecule has 0 heterocycles. The van der Waals surface area contributed by atoms with Crippen LogP contribution in [-0.2, 0) is 17.6 Å². The molecule has 0 bridgehead atoms. The summed E-state index contributed by atoms with van der Waals surface area (Å²) in [5.74, 6) is -0.575. The Hall–Kier alpha value is -2.29. The van der Waals surface area contributed by atoms with Gasteiger partial charge in [0.1, 0.15) is 5.75 Å². The Morgan fingerprint density at radius 3 is 2.21 bits per heavy atom. The van der Waals surface area contributed by atoms with E-state index in [1.54, 1.807) is 12.1 Å². The smallest absolute Gasteiger partial charge is 0.307 e. The molecule has 2 N–H and O–H groups in total. The number of rotatable bonds is 4. The fourth-order valence-electron chi connectivity index (χ4n) is 2.12. The van der Waals surface area contributed by atoms with Crippen LogP contribution >= 0.6 is 0 Å². The third kappa shape index (κ3) is 3.13. The molecule has 98 valence electrons. The molecule has 0 saturated carbocycles. The van der Waals surface area contributed by atoms with Gasteiger partial charge in [0.15, 0.2) is 0 Å². The Balaban J connectivity index is 2.38. The van der Waals surface area contributed by atoms with Crippen molar-refractivity contribution >= 4 is 5.97 Å². The van der Waals surface area contributed by atoms with E-state index < -0.39 is 5.97 Å². The summed E-state index contributed by atoms with van der Waals surface area (Å²) in [7, 11) is 0. The summed E-state index contributed by atoms with van der Waals surface area (Å²) in [5, 5.41) is 18.2. The minimum absolute atomic E-state index is 0.0546. The van der Waals surface area contributed by atoms with E-state index in [9.17, 15) is 9.90 Å². The average molecular weight is 256 g/mol. The van der Waals surface area contributed by atoms with E-state index in [-0.39, 0.29) is 12.2 Å². The van der Waals surface area contributed by atoms with Crippen LogP contribution in [0.4, 0.5) is 0 Å². The second-order valence-electron chi connectivity index (χ2n) is 4.45. The standard InChI is InChI=1S/C16H16O3/c1-2-11-9-13(3-4-14(11)10-16(18)19)12-5-7-15(17)8-6-12/h3-9,17H,2,10H2,1H3,(H,18,19). The number of hydrogen-bond acceptors (Lipinski definition) is 2. The number of carboxylic acid groups (broad SMARTS) is 1. The summed E-state index contributed by atoms with van der Waals surface area (Å²) < 4.78 is 0. The zero-order chi connectivity index (χ0) is 13.8. The molecule has 0 aromatic heterocycles. The number of phenolic OH excluding ortho intramolecular Hbond substituents is 1. The predicted octanol–water partition coefficient (Wildman–Crippen LogP) is 3.25. The summed E-state index contributed by atoms with van der Waals surface area (Å²) in [6.45, 7) is 2.02. The number of aromatic hydroxyl groups is 1. The van der Waals surface area contributed by atoms with E-state index in [0.717, 1.165) is 28.7 Å². The van der Waals surface area contributed by atoms with Crippen molar-refractivity contribution < 1.29 is 15.0 Å². The van der Waals surface area contributed by atoms with Crippen molar-refractivity contribution in [3.63, 3.8) is 0 Å². The van der Waals surface area contributed by atoms with Crippen LogP contribution in [0.25, 0.3) is 11.1 Å². The van der Waals surface area contributed by atoms with E-state index in [1.807, 2.05) is 37.3 Å². The van der Waals surface area contributed by atoms with E-state index in [2.05, 4.69) is 0 Å². The maximum atomic E-state index is 10.8. The first-order chi connectivity index (χ1) is 9.10. The summed E-state index contributed by atoms with van der Waals surface area (Å²) in [6.07, 6.45) is 0.855. The first kappa shape index (κ1) is 13.1. The summed E-state index contributed by atoms with van der Waals surface area (Å²) in [5.41, 5.74) is 3.95. The lowest BCUT2D eigenvalue weighted by Gasteiger charge is -2.09. The Labute approximate surface area is 112 Å². The van der Waals surface area contributed by atoms with Gasteiger partial charge in [-0.15, -0.1) is 0 Å². The van der Waals surface area contributed by atoms with Crippen molar-refractivity contribution in [2.75, 3.05) is 0 Å². The van der Waals surface area contributed by atoms with Gasteiger partial charge in [0.2, 0.25) is 0 Å². The minimum atomic E-state index is -0.813. The first-order valence-electron chi connectivity index (χ1n) is 6.23. The summed E-state index contributed by atoms with van der Waals surface area (Å²) in [4.78, 5) is 10.8. The number of carboxylic acids is 1. The number of phenols is 1. The van der Waals surface area contributed by atoms with Crippen LogP contribution in [-0.4, -0.2) is 16.2 Å². The van der Waals surface area contributed by atoms with Crippen LogP contribution in [0, 0.1) is 0 Å². The van der Waals surface area contributed by atoms with E-state index in [4.69, 9.17) is 5.11 Å². The van der Waals surface area contributed by atoms with Gasteiger partial charge in [0.05, 0.1) is 6.42 Å². The molecule has 0 spiro atoms. The van der Waals surface area contributed by atoms with Crippen molar-refractivity contribution in [1.29, 1.82) is 0 Å². The number of benzene rings is 2. The SMILES string of the molecule is CCc1cc(-c2ccc(O)cc2)ccc1CC(=O)O. The molecule has 0 aliphatic carbocycles. The Morgan fingerprint density at radius 1 is 1.00 bits per heavy atom. The van der Waals surface area contributed by atoms with Gasteiger partial charge < -0.3 is 10.2 Å². The first-order valence-corrected chi connectivity index (χ1v) is 6.23. The Morgan fingerprint density at radius 2 is 1.63 bits per heavy atom. The molecule has 3 heteroatoms. The van der Waals surface area contributed by atoms with Gasteiger partial charge in [0, 0.05) is 0 Å². The summed E-state index contributed by atoms with van der Waals surface area (Å²) in [6, 6.07) is 12.8. The fourth-order valence-corrected chi connectivity index (χ4v) is 2.12. The number of aliphatic carboxylic acids is 1. The Bertz CT molecular complexity index is 585. The molecule has 0 saturated heterocycles. The van der Waals surface area contributed by atoms with E-state index >= 15 is 0 Å². The number of carbonyl (C=O) groups is 1. The highest BCUT2D eigenvalue weighted by Gasteiger charge is 2.07. The topological polar surface area (TPSA) is 57.5 Å². The molecular formula is C16H16O3. The fraction of sp³-hybridized carbons (Fsp3) is 0.188. The zero-order valence-corrected chi connectivity index (χ0v) is 10.8. The van der Waals surface area contributed by atoms with Gasteiger partial charge in [-0.05, 0) is 40.8 Å². The molecule has 2 aromatic carbocycles. The van der Waals surface area contributed by atoms with Gasteiger partial charge in [-0.3, -0.25) is 4.79 Å². The van der Waals surface area contributed by atoms with Gasteiger partial charge in [0.25, 0.3) is 0 Å². The molecule has 3 nitrogen and oxygen atoms in total. The van der Waals surface area contributed by atoms with Crippen molar-refractivity contribution in [3.05, 3.63) is 53.6 Å². The molecule has 2 rings (SSSR count). The van der Waals surface area contributed by atoms with Crippen LogP contribution in [0.15, 0.2) is 42.5 Å². The molecule has 2 aromatic rings. The monoisotopic (exact) mass is 256 g/mol. The highest BCUT2D eigenvalue weighted by atomic mass is 16.4. The second-order valence-corrected chi connectivity index (χ2v) is 4.45. The minimum Gasteiger partial charge on any atom is -0.508 e. The molecular weight excluding hydrogens is 240 g/mol. The molecule has 0 radical (unpaired) electrons. The van der Waals surface area contributed by atoms with Crippen molar-refractivity contribution in [3.8, 4) is 16.9 Å². The van der Waals surface area contributed by atoms with Crippen LogP contribution < -0.4 is 0 Å². The molecule has 0 amide bonds. The van der Waals surface area contributed by atoms with Crippen molar-refractivity contribution in [1.82, 2.24) is 0 Å². The maximum Gasteiger partial charge on any atom is 0.307 e. The van der Waals surface area contributed by atoms with Crippen molar-refractivity contribution in [2.45, 2.75) is 19.8 Å². The molecule has 0 atom stereocenters. The van der Waals surface area contributed by atoms with Gasteiger partial charge >= 0.3 is 5.97 Å². The van der Waals surface area contributed by atoms with Crippen LogP contribution in [0.5, 0.6) is 5.75 Å². The summed E-state index contributed by atoms with van der Waals surface area (Å²) >= 11 is 0. The lowest BCUT2D eigenvalue weighted by molar-refractivity contribution is -0.136. The lowest BCUT2D eigenvalue weighted by Crippen LogP contribution is -2.03. The van der Waals surface area contributed by atoms with Crippen LogP contribution in [0.1, 0.15) is 18.1 Å².